The third-order valence-electron chi connectivity index (χ3n) is 4.83. The van der Waals surface area contributed by atoms with E-state index in [2.05, 4.69) is 40.2 Å². The number of ether oxygens (including phenoxy) is 1. The molecule has 0 bridgehead atoms. The molecule has 1 unspecified atom stereocenters. The zero-order valence-electron chi connectivity index (χ0n) is 14.8. The molecule has 3 rings (SSSR count). The van der Waals surface area contributed by atoms with Gasteiger partial charge in [-0.25, -0.2) is 4.79 Å². The number of rotatable bonds is 6. The number of piperidine rings is 1. The van der Waals surface area contributed by atoms with Gasteiger partial charge in [-0.3, -0.25) is 10.00 Å². The highest BCUT2D eigenvalue weighted by Gasteiger charge is 2.29. The molecule has 1 aliphatic heterocycles. The number of likely N-dealkylation sites (tertiary alicyclic amines) is 1. The molecule has 1 atom stereocenters. The van der Waals surface area contributed by atoms with E-state index in [1.54, 1.807) is 0 Å². The first-order valence-corrected chi connectivity index (χ1v) is 8.77. The van der Waals surface area contributed by atoms with E-state index in [9.17, 15) is 9.90 Å². The number of aromatic amines is 1. The number of carbonyl (C=O) groups is 1. The molecule has 1 fully saturated rings. The van der Waals surface area contributed by atoms with Gasteiger partial charge in [-0.05, 0) is 50.4 Å². The Morgan fingerprint density at radius 2 is 2.24 bits per heavy atom. The molecular weight excluding hydrogens is 318 g/mol. The quantitative estimate of drug-likeness (QED) is 0.841. The first-order valence-electron chi connectivity index (χ1n) is 8.77. The summed E-state index contributed by atoms with van der Waals surface area (Å²) in [5.41, 5.74) is 3.29. The molecule has 0 spiro atoms. The van der Waals surface area contributed by atoms with Crippen LogP contribution in [-0.2, 0) is 0 Å². The molecule has 2 N–H and O–H groups in total. The summed E-state index contributed by atoms with van der Waals surface area (Å²) in [5.74, 6) is -0.0118. The number of carboxylic acid groups (broad SMARTS) is 1. The van der Waals surface area contributed by atoms with Gasteiger partial charge in [-0.1, -0.05) is 18.6 Å². The Morgan fingerprint density at radius 3 is 3.04 bits per heavy atom. The van der Waals surface area contributed by atoms with Crippen molar-refractivity contribution in [3.63, 3.8) is 0 Å². The SMILES string of the molecule is Cc1ccc(C)c(OCCN2CCCCC2c2[nH]ncc2C(=O)O)c1. The summed E-state index contributed by atoms with van der Waals surface area (Å²) in [5, 5.41) is 16.2. The molecule has 2 heterocycles. The Balaban J connectivity index is 1.66. The predicted molar refractivity (Wildman–Crippen MR) is 95.1 cm³/mol. The largest absolute Gasteiger partial charge is 0.492 e. The van der Waals surface area contributed by atoms with Crippen LogP contribution < -0.4 is 4.74 Å². The van der Waals surface area contributed by atoms with Crippen LogP contribution in [0.25, 0.3) is 0 Å². The van der Waals surface area contributed by atoms with Crippen LogP contribution in [-0.4, -0.2) is 45.9 Å². The monoisotopic (exact) mass is 343 g/mol. The molecular formula is C19H25N3O3. The number of benzene rings is 1. The molecule has 0 saturated carbocycles. The Kier molecular flexibility index (Phi) is 5.38. The minimum Gasteiger partial charge on any atom is -0.492 e. The maximum atomic E-state index is 11.4. The number of nitrogens with zero attached hydrogens (tertiary/aromatic N) is 2. The maximum Gasteiger partial charge on any atom is 0.339 e. The van der Waals surface area contributed by atoms with Crippen LogP contribution >= 0.6 is 0 Å². The second-order valence-electron chi connectivity index (χ2n) is 6.67. The molecule has 0 amide bonds. The molecule has 134 valence electrons. The van der Waals surface area contributed by atoms with Crippen molar-refractivity contribution in [2.45, 2.75) is 39.2 Å². The van der Waals surface area contributed by atoms with E-state index >= 15 is 0 Å². The van der Waals surface area contributed by atoms with E-state index in [0.717, 1.165) is 43.7 Å². The van der Waals surface area contributed by atoms with Crippen molar-refractivity contribution in [1.29, 1.82) is 0 Å². The third kappa shape index (κ3) is 4.02. The summed E-state index contributed by atoms with van der Waals surface area (Å²) in [6, 6.07) is 6.26. The second-order valence-corrected chi connectivity index (χ2v) is 6.67. The number of aromatic nitrogens is 2. The van der Waals surface area contributed by atoms with Gasteiger partial charge in [0.25, 0.3) is 0 Å². The number of nitrogens with one attached hydrogen (secondary N) is 1. The number of hydrogen-bond donors (Lipinski definition) is 2. The van der Waals surface area contributed by atoms with E-state index < -0.39 is 5.97 Å². The van der Waals surface area contributed by atoms with Crippen molar-refractivity contribution in [1.82, 2.24) is 15.1 Å². The van der Waals surface area contributed by atoms with Gasteiger partial charge in [0.2, 0.25) is 0 Å². The fourth-order valence-electron chi connectivity index (χ4n) is 3.44. The van der Waals surface area contributed by atoms with E-state index in [-0.39, 0.29) is 11.6 Å². The lowest BCUT2D eigenvalue weighted by atomic mass is 9.97. The molecule has 2 aromatic rings. The van der Waals surface area contributed by atoms with Crippen LogP contribution in [0.3, 0.4) is 0 Å². The standard InChI is InChI=1S/C19H25N3O3/c1-13-6-7-14(2)17(11-13)25-10-9-22-8-4-3-5-16(22)18-15(19(23)24)12-20-21-18/h6-7,11-12,16H,3-5,8-10H2,1-2H3,(H,20,21)(H,23,24). The summed E-state index contributed by atoms with van der Waals surface area (Å²) in [4.78, 5) is 13.7. The van der Waals surface area contributed by atoms with E-state index in [4.69, 9.17) is 4.74 Å². The normalized spacial score (nSPS) is 18.2. The average molecular weight is 343 g/mol. The van der Waals surface area contributed by atoms with Gasteiger partial charge in [0, 0.05) is 6.54 Å². The molecule has 25 heavy (non-hydrogen) atoms. The van der Waals surface area contributed by atoms with Gasteiger partial charge >= 0.3 is 5.97 Å². The molecule has 1 saturated heterocycles. The van der Waals surface area contributed by atoms with Crippen molar-refractivity contribution >= 4 is 5.97 Å². The zero-order chi connectivity index (χ0) is 17.8. The number of H-pyrrole nitrogens is 1. The lowest BCUT2D eigenvalue weighted by Crippen LogP contribution is -2.37. The first kappa shape index (κ1) is 17.5. The summed E-state index contributed by atoms with van der Waals surface area (Å²) >= 11 is 0. The smallest absolute Gasteiger partial charge is 0.339 e. The van der Waals surface area contributed by atoms with Crippen LogP contribution in [0.1, 0.15) is 52.5 Å². The summed E-state index contributed by atoms with van der Waals surface area (Å²) in [6.07, 6.45) is 4.55. The maximum absolute atomic E-state index is 11.4. The van der Waals surface area contributed by atoms with E-state index in [1.165, 1.54) is 11.8 Å². The van der Waals surface area contributed by atoms with Crippen LogP contribution in [0.4, 0.5) is 0 Å². The summed E-state index contributed by atoms with van der Waals surface area (Å²) < 4.78 is 5.98. The van der Waals surface area contributed by atoms with Gasteiger partial charge in [0.05, 0.1) is 17.9 Å². The van der Waals surface area contributed by atoms with E-state index in [1.807, 2.05) is 6.92 Å². The lowest BCUT2D eigenvalue weighted by molar-refractivity contribution is 0.0688. The highest BCUT2D eigenvalue weighted by molar-refractivity contribution is 5.88. The van der Waals surface area contributed by atoms with Gasteiger partial charge in [0.15, 0.2) is 0 Å². The second kappa shape index (κ2) is 7.70. The van der Waals surface area contributed by atoms with Gasteiger partial charge in [-0.15, -0.1) is 0 Å². The van der Waals surface area contributed by atoms with Crippen molar-refractivity contribution in [3.8, 4) is 5.75 Å². The van der Waals surface area contributed by atoms with Crippen LogP contribution in [0.2, 0.25) is 0 Å². The first-order chi connectivity index (χ1) is 12.1. The molecule has 6 nitrogen and oxygen atoms in total. The zero-order valence-corrected chi connectivity index (χ0v) is 14.8. The molecule has 0 radical (unpaired) electrons. The molecule has 6 heteroatoms. The van der Waals surface area contributed by atoms with Crippen molar-refractivity contribution in [2.24, 2.45) is 0 Å². The molecule has 1 aromatic heterocycles. The van der Waals surface area contributed by atoms with Crippen molar-refractivity contribution < 1.29 is 14.6 Å². The third-order valence-corrected chi connectivity index (χ3v) is 4.83. The van der Waals surface area contributed by atoms with Gasteiger partial charge < -0.3 is 9.84 Å². The minimum atomic E-state index is -0.930. The number of aromatic carboxylic acids is 1. The topological polar surface area (TPSA) is 78.5 Å². The van der Waals surface area contributed by atoms with Crippen molar-refractivity contribution in [2.75, 3.05) is 19.7 Å². The summed E-state index contributed by atoms with van der Waals surface area (Å²) in [6.45, 7) is 6.38. The highest BCUT2D eigenvalue weighted by atomic mass is 16.5. The fourth-order valence-corrected chi connectivity index (χ4v) is 3.44. The predicted octanol–water partition coefficient (Wildman–Crippen LogP) is 3.33. The molecule has 1 aromatic carbocycles. The van der Waals surface area contributed by atoms with Gasteiger partial charge in [0.1, 0.15) is 17.9 Å². The number of aryl methyl sites for hydroxylation is 2. The minimum absolute atomic E-state index is 0.0598. The van der Waals surface area contributed by atoms with Crippen LogP contribution in [0.5, 0.6) is 5.75 Å². The Bertz CT molecular complexity index is 741. The number of carboxylic acids is 1. The Hall–Kier alpha value is -2.34. The lowest BCUT2D eigenvalue weighted by Gasteiger charge is -2.35. The Morgan fingerprint density at radius 1 is 1.40 bits per heavy atom. The Labute approximate surface area is 147 Å². The van der Waals surface area contributed by atoms with Crippen molar-refractivity contribution in [3.05, 3.63) is 46.8 Å². The fraction of sp³-hybridized carbons (Fsp3) is 0.474. The van der Waals surface area contributed by atoms with Crippen LogP contribution in [0.15, 0.2) is 24.4 Å². The van der Waals surface area contributed by atoms with E-state index in [0.29, 0.717) is 12.3 Å². The molecule has 1 aliphatic rings. The molecule has 0 aliphatic carbocycles. The highest BCUT2D eigenvalue weighted by Crippen LogP contribution is 2.31. The number of hydrogen-bond acceptors (Lipinski definition) is 4. The summed E-state index contributed by atoms with van der Waals surface area (Å²) in [7, 11) is 0. The van der Waals surface area contributed by atoms with Gasteiger partial charge in [-0.2, -0.15) is 5.10 Å². The average Bonchev–Trinajstić information content (AvgIpc) is 3.08. The van der Waals surface area contributed by atoms with Crippen LogP contribution in [0, 0.1) is 13.8 Å².